The van der Waals surface area contributed by atoms with Gasteiger partial charge in [0.15, 0.2) is 0 Å². The molecule has 24 heavy (non-hydrogen) atoms. The van der Waals surface area contributed by atoms with Gasteiger partial charge in [0.1, 0.15) is 12.1 Å². The average Bonchev–Trinajstić information content (AvgIpc) is 2.53. The number of aliphatic hydroxyl groups is 1. The highest BCUT2D eigenvalue weighted by molar-refractivity contribution is 6.01. The number of carbonyl (C=O) groups is 2. The van der Waals surface area contributed by atoms with Crippen molar-refractivity contribution in [3.05, 3.63) is 59.4 Å². The first-order valence-corrected chi connectivity index (χ1v) is 8.03. The monoisotopic (exact) mass is 331 g/mol. The van der Waals surface area contributed by atoms with Crippen LogP contribution in [-0.4, -0.2) is 23.4 Å². The summed E-state index contributed by atoms with van der Waals surface area (Å²) in [5.74, 6) is -0.769. The van der Waals surface area contributed by atoms with E-state index in [2.05, 4.69) is 11.9 Å². The average molecular weight is 331 g/mol. The number of amides is 1. The Morgan fingerprint density at radius 1 is 1.42 bits per heavy atom. The Labute approximate surface area is 141 Å². The topological polar surface area (TPSA) is 66.4 Å². The van der Waals surface area contributed by atoms with Crippen LogP contribution in [0.2, 0.25) is 0 Å². The fourth-order valence-corrected chi connectivity index (χ4v) is 3.10. The highest BCUT2D eigenvalue weighted by Crippen LogP contribution is 2.41. The number of aliphatic hydroxyl groups excluding tert-OH is 1. The summed E-state index contributed by atoms with van der Waals surface area (Å²) in [6, 6.07) is 5.86. The van der Waals surface area contributed by atoms with Gasteiger partial charge in [-0.15, -0.1) is 0 Å². The van der Waals surface area contributed by atoms with Gasteiger partial charge >= 0.3 is 0 Å². The van der Waals surface area contributed by atoms with Crippen molar-refractivity contribution >= 4 is 12.2 Å². The summed E-state index contributed by atoms with van der Waals surface area (Å²) in [5, 5.41) is 12.6. The van der Waals surface area contributed by atoms with Crippen LogP contribution < -0.4 is 5.32 Å². The van der Waals surface area contributed by atoms with E-state index in [9.17, 15) is 19.1 Å². The molecule has 1 aliphatic rings. The van der Waals surface area contributed by atoms with Gasteiger partial charge in [0.2, 0.25) is 0 Å². The molecule has 0 saturated heterocycles. The number of benzene rings is 1. The van der Waals surface area contributed by atoms with Crippen LogP contribution in [0.25, 0.3) is 0 Å². The van der Waals surface area contributed by atoms with Crippen molar-refractivity contribution in [1.29, 1.82) is 0 Å². The van der Waals surface area contributed by atoms with E-state index in [0.29, 0.717) is 31.1 Å². The molecule has 128 valence electrons. The minimum Gasteiger partial charge on any atom is -0.393 e. The first-order chi connectivity index (χ1) is 11.5. The summed E-state index contributed by atoms with van der Waals surface area (Å²) in [6.45, 7) is 5.55. The Hall–Kier alpha value is -2.27. The number of nitrogens with one attached hydrogen (secondary N) is 1. The maximum Gasteiger partial charge on any atom is 0.252 e. The zero-order valence-electron chi connectivity index (χ0n) is 13.7. The minimum atomic E-state index is -0.751. The van der Waals surface area contributed by atoms with Gasteiger partial charge in [0, 0.05) is 24.0 Å². The number of carbonyl (C=O) groups excluding carboxylic acids is 2. The van der Waals surface area contributed by atoms with E-state index in [0.717, 1.165) is 12.0 Å². The fourth-order valence-electron chi connectivity index (χ4n) is 3.10. The predicted octanol–water partition coefficient (Wildman–Crippen LogP) is 2.77. The third kappa shape index (κ3) is 3.62. The first-order valence-electron chi connectivity index (χ1n) is 8.03. The molecule has 5 heteroatoms. The highest BCUT2D eigenvalue weighted by Gasteiger charge is 2.46. The molecule has 1 amide bonds. The number of aldehydes is 1. The molecular formula is C19H22FNO3. The summed E-state index contributed by atoms with van der Waals surface area (Å²) in [5.41, 5.74) is 0.626. The molecule has 0 aromatic heterocycles. The third-order valence-corrected chi connectivity index (χ3v) is 4.37. The smallest absolute Gasteiger partial charge is 0.252 e. The number of allylic oxidation sites excluding steroid dienone is 1. The summed E-state index contributed by atoms with van der Waals surface area (Å²) in [6.07, 6.45) is 3.46. The molecule has 1 aromatic carbocycles. The van der Waals surface area contributed by atoms with Crippen LogP contribution in [0.5, 0.6) is 0 Å². The lowest BCUT2D eigenvalue weighted by molar-refractivity contribution is -0.122. The molecule has 2 N–H and O–H groups in total. The van der Waals surface area contributed by atoms with Crippen LogP contribution in [0.15, 0.2) is 48.1 Å². The molecule has 0 spiro atoms. The molecule has 0 radical (unpaired) electrons. The molecule has 0 unspecified atom stereocenters. The molecule has 2 rings (SSSR count). The molecule has 1 saturated carbocycles. The van der Waals surface area contributed by atoms with E-state index in [4.69, 9.17) is 0 Å². The van der Waals surface area contributed by atoms with E-state index >= 15 is 0 Å². The molecule has 1 aromatic rings. The van der Waals surface area contributed by atoms with Crippen LogP contribution in [-0.2, 0) is 15.1 Å². The largest absolute Gasteiger partial charge is 0.393 e. The lowest BCUT2D eigenvalue weighted by Crippen LogP contribution is -2.57. The predicted molar refractivity (Wildman–Crippen MR) is 89.7 cm³/mol. The third-order valence-electron chi connectivity index (χ3n) is 4.37. The van der Waals surface area contributed by atoms with E-state index in [1.165, 1.54) is 18.2 Å². The molecular weight excluding hydrogens is 309 g/mol. The SMILES string of the molecule is C=C/C(C(=O)NC1(c2ccc(F)cc2)CC(O)C1)=C(/C=O)CCC. The molecule has 1 fully saturated rings. The van der Waals surface area contributed by atoms with E-state index in [1.807, 2.05) is 6.92 Å². The number of hydrogen-bond donors (Lipinski definition) is 2. The zero-order valence-corrected chi connectivity index (χ0v) is 13.7. The van der Waals surface area contributed by atoms with Crippen molar-refractivity contribution in [2.45, 2.75) is 44.2 Å². The molecule has 1 aliphatic carbocycles. The Morgan fingerprint density at radius 3 is 2.50 bits per heavy atom. The van der Waals surface area contributed by atoms with Crippen LogP contribution >= 0.6 is 0 Å². The van der Waals surface area contributed by atoms with Crippen LogP contribution in [0.1, 0.15) is 38.2 Å². The number of rotatable bonds is 7. The Balaban J connectivity index is 2.30. The second-order valence-corrected chi connectivity index (χ2v) is 6.12. The molecule has 0 bridgehead atoms. The highest BCUT2D eigenvalue weighted by atomic mass is 19.1. The van der Waals surface area contributed by atoms with Crippen molar-refractivity contribution in [2.24, 2.45) is 0 Å². The van der Waals surface area contributed by atoms with Gasteiger partial charge in [-0.25, -0.2) is 4.39 Å². The summed E-state index contributed by atoms with van der Waals surface area (Å²) in [7, 11) is 0. The van der Waals surface area contributed by atoms with Crippen LogP contribution in [0, 0.1) is 5.82 Å². The van der Waals surface area contributed by atoms with E-state index in [-0.39, 0.29) is 11.4 Å². The standard InChI is InChI=1S/C19H22FNO3/c1-3-5-13(12-22)17(4-2)18(24)21-19(10-16(23)11-19)14-6-8-15(20)9-7-14/h4,6-9,12,16,23H,2-3,5,10-11H2,1H3,(H,21,24)/b17-13-. The van der Waals surface area contributed by atoms with Gasteiger partial charge in [0.05, 0.1) is 11.6 Å². The Kier molecular flexibility index (Phi) is 5.67. The minimum absolute atomic E-state index is 0.245. The summed E-state index contributed by atoms with van der Waals surface area (Å²) in [4.78, 5) is 23.9. The number of halogens is 1. The second-order valence-electron chi connectivity index (χ2n) is 6.12. The Bertz CT molecular complexity index is 658. The Morgan fingerprint density at radius 2 is 2.04 bits per heavy atom. The lowest BCUT2D eigenvalue weighted by Gasteiger charge is -2.46. The van der Waals surface area contributed by atoms with Crippen molar-refractivity contribution in [3.63, 3.8) is 0 Å². The van der Waals surface area contributed by atoms with Crippen LogP contribution in [0.4, 0.5) is 4.39 Å². The normalized spacial score (nSPS) is 23.7. The summed E-state index contributed by atoms with van der Waals surface area (Å²) >= 11 is 0. The number of hydrogen-bond acceptors (Lipinski definition) is 3. The quantitative estimate of drug-likeness (QED) is 0.459. The zero-order chi connectivity index (χ0) is 17.7. The van der Waals surface area contributed by atoms with Gasteiger partial charge in [-0.3, -0.25) is 9.59 Å². The van der Waals surface area contributed by atoms with Crippen molar-refractivity contribution in [2.75, 3.05) is 0 Å². The molecule has 0 heterocycles. The molecule has 4 nitrogen and oxygen atoms in total. The molecule has 0 atom stereocenters. The van der Waals surface area contributed by atoms with Crippen molar-refractivity contribution < 1.29 is 19.1 Å². The van der Waals surface area contributed by atoms with Crippen molar-refractivity contribution in [1.82, 2.24) is 5.32 Å². The van der Waals surface area contributed by atoms with Gasteiger partial charge in [-0.1, -0.05) is 38.1 Å². The van der Waals surface area contributed by atoms with Crippen LogP contribution in [0.3, 0.4) is 0 Å². The molecule has 0 aliphatic heterocycles. The maximum absolute atomic E-state index is 13.2. The van der Waals surface area contributed by atoms with Gasteiger partial charge in [-0.05, 0) is 24.1 Å². The van der Waals surface area contributed by atoms with E-state index < -0.39 is 17.6 Å². The second kappa shape index (κ2) is 7.53. The first kappa shape index (κ1) is 18.1. The van der Waals surface area contributed by atoms with Gasteiger partial charge < -0.3 is 10.4 Å². The maximum atomic E-state index is 13.2. The van der Waals surface area contributed by atoms with Gasteiger partial charge in [0.25, 0.3) is 5.91 Å². The van der Waals surface area contributed by atoms with E-state index in [1.54, 1.807) is 12.1 Å². The lowest BCUT2D eigenvalue weighted by atomic mass is 9.69. The summed E-state index contributed by atoms with van der Waals surface area (Å²) < 4.78 is 13.2. The van der Waals surface area contributed by atoms with Crippen molar-refractivity contribution in [3.8, 4) is 0 Å². The fraction of sp³-hybridized carbons (Fsp3) is 0.368. The van der Waals surface area contributed by atoms with Gasteiger partial charge in [-0.2, -0.15) is 0 Å².